The van der Waals surface area contributed by atoms with Crippen LogP contribution in [0.4, 0.5) is 8.78 Å². The van der Waals surface area contributed by atoms with Gasteiger partial charge in [-0.1, -0.05) is 13.3 Å². The molecule has 0 spiro atoms. The number of hydrogen-bond acceptors (Lipinski definition) is 1. The number of alkyl halides is 1. The molecule has 18 heavy (non-hydrogen) atoms. The quantitative estimate of drug-likeness (QED) is 0.793. The second kappa shape index (κ2) is 7.31. The van der Waals surface area contributed by atoms with E-state index in [1.54, 1.807) is 0 Å². The van der Waals surface area contributed by atoms with E-state index in [0.29, 0.717) is 12.4 Å². The van der Waals surface area contributed by atoms with Gasteiger partial charge in [-0.3, -0.25) is 4.79 Å². The lowest BCUT2D eigenvalue weighted by atomic mass is 10.0. The molecule has 0 bridgehead atoms. The third-order valence-electron chi connectivity index (χ3n) is 2.82. The first-order valence-electron chi connectivity index (χ1n) is 5.87. The van der Waals surface area contributed by atoms with Gasteiger partial charge in [-0.05, 0) is 30.5 Å². The third-order valence-corrected chi connectivity index (χ3v) is 3.04. The van der Waals surface area contributed by atoms with Gasteiger partial charge in [-0.25, -0.2) is 8.78 Å². The Bertz CT molecular complexity index is 412. The lowest BCUT2D eigenvalue weighted by molar-refractivity contribution is 0.0942. The Balaban J connectivity index is 2.62. The van der Waals surface area contributed by atoms with Crippen LogP contribution in [0.2, 0.25) is 0 Å². The van der Waals surface area contributed by atoms with Gasteiger partial charge < -0.3 is 5.32 Å². The van der Waals surface area contributed by atoms with Gasteiger partial charge in [-0.2, -0.15) is 0 Å². The summed E-state index contributed by atoms with van der Waals surface area (Å²) in [5.74, 6) is -1.18. The van der Waals surface area contributed by atoms with Crippen LogP contribution in [0.15, 0.2) is 18.2 Å². The number of halogens is 3. The van der Waals surface area contributed by atoms with Crippen LogP contribution in [0.1, 0.15) is 30.1 Å². The minimum atomic E-state index is -0.723. The number of amides is 1. The number of carbonyl (C=O) groups is 1. The highest BCUT2D eigenvalue weighted by atomic mass is 35.5. The Kier molecular flexibility index (Phi) is 6.05. The lowest BCUT2D eigenvalue weighted by Gasteiger charge is -2.14. The van der Waals surface area contributed by atoms with Crippen molar-refractivity contribution >= 4 is 17.5 Å². The van der Waals surface area contributed by atoms with Crippen molar-refractivity contribution in [2.75, 3.05) is 12.4 Å². The minimum Gasteiger partial charge on any atom is -0.352 e. The van der Waals surface area contributed by atoms with Crippen LogP contribution < -0.4 is 5.32 Å². The van der Waals surface area contributed by atoms with Crippen LogP contribution in [0.25, 0.3) is 0 Å². The number of hydrogen-bond donors (Lipinski definition) is 1. The molecule has 0 heterocycles. The van der Waals surface area contributed by atoms with Crippen LogP contribution in [0, 0.1) is 17.6 Å². The van der Waals surface area contributed by atoms with Gasteiger partial charge >= 0.3 is 0 Å². The summed E-state index contributed by atoms with van der Waals surface area (Å²) in [6, 6.07) is 2.82. The van der Waals surface area contributed by atoms with Crippen molar-refractivity contribution in [3.05, 3.63) is 35.4 Å². The zero-order valence-corrected chi connectivity index (χ0v) is 10.9. The van der Waals surface area contributed by atoms with E-state index in [-0.39, 0.29) is 11.5 Å². The molecule has 5 heteroatoms. The largest absolute Gasteiger partial charge is 0.352 e. The maximum Gasteiger partial charge on any atom is 0.254 e. The molecule has 1 amide bonds. The first kappa shape index (κ1) is 14.9. The third kappa shape index (κ3) is 4.26. The van der Waals surface area contributed by atoms with Gasteiger partial charge in [0.05, 0.1) is 5.56 Å². The number of rotatable bonds is 6. The molecule has 0 aliphatic heterocycles. The van der Waals surface area contributed by atoms with Crippen LogP contribution in [0.3, 0.4) is 0 Å². The Hall–Kier alpha value is -1.16. The van der Waals surface area contributed by atoms with E-state index in [4.69, 9.17) is 11.6 Å². The van der Waals surface area contributed by atoms with Crippen LogP contribution in [0.5, 0.6) is 0 Å². The summed E-state index contributed by atoms with van der Waals surface area (Å²) in [5.41, 5.74) is -0.268. The highest BCUT2D eigenvalue weighted by Crippen LogP contribution is 2.11. The monoisotopic (exact) mass is 275 g/mol. The summed E-state index contributed by atoms with van der Waals surface area (Å²) in [4.78, 5) is 11.7. The molecule has 0 saturated carbocycles. The van der Waals surface area contributed by atoms with Crippen molar-refractivity contribution in [1.29, 1.82) is 0 Å². The minimum absolute atomic E-state index is 0.253. The van der Waals surface area contributed by atoms with Crippen LogP contribution in [-0.4, -0.2) is 18.3 Å². The van der Waals surface area contributed by atoms with E-state index < -0.39 is 17.5 Å². The fraction of sp³-hybridized carbons (Fsp3) is 0.462. The second-order valence-corrected chi connectivity index (χ2v) is 4.46. The predicted octanol–water partition coefficient (Wildman–Crippen LogP) is 3.35. The Morgan fingerprint density at radius 3 is 2.78 bits per heavy atom. The second-order valence-electron chi connectivity index (χ2n) is 4.09. The molecule has 0 fully saturated rings. The maximum atomic E-state index is 13.3. The Labute approximate surface area is 110 Å². The molecule has 0 saturated heterocycles. The number of benzene rings is 1. The van der Waals surface area contributed by atoms with Gasteiger partial charge in [0, 0.05) is 12.4 Å². The van der Waals surface area contributed by atoms with E-state index in [1.165, 1.54) is 0 Å². The molecule has 1 rings (SSSR count). The predicted molar refractivity (Wildman–Crippen MR) is 67.8 cm³/mol. The van der Waals surface area contributed by atoms with Gasteiger partial charge in [0.1, 0.15) is 11.6 Å². The molecule has 0 aliphatic carbocycles. The van der Waals surface area contributed by atoms with Gasteiger partial charge in [-0.15, -0.1) is 11.6 Å². The molecule has 0 radical (unpaired) electrons. The average molecular weight is 276 g/mol. The summed E-state index contributed by atoms with van der Waals surface area (Å²) in [6.07, 6.45) is 1.66. The zero-order chi connectivity index (χ0) is 13.5. The molecular formula is C13H16ClF2NO. The molecule has 2 nitrogen and oxygen atoms in total. The van der Waals surface area contributed by atoms with Crippen molar-refractivity contribution < 1.29 is 13.6 Å². The Morgan fingerprint density at radius 2 is 2.17 bits per heavy atom. The fourth-order valence-corrected chi connectivity index (χ4v) is 1.92. The molecular weight excluding hydrogens is 260 g/mol. The lowest BCUT2D eigenvalue weighted by Crippen LogP contribution is -2.30. The first-order chi connectivity index (χ1) is 8.58. The summed E-state index contributed by atoms with van der Waals surface area (Å²) >= 11 is 5.63. The molecule has 0 aliphatic rings. The van der Waals surface area contributed by atoms with Crippen LogP contribution in [-0.2, 0) is 0 Å². The van der Waals surface area contributed by atoms with E-state index in [1.807, 2.05) is 6.92 Å². The summed E-state index contributed by atoms with van der Waals surface area (Å²) in [6.45, 7) is 2.41. The molecule has 100 valence electrons. The summed E-state index contributed by atoms with van der Waals surface area (Å²) in [5, 5.41) is 2.60. The zero-order valence-electron chi connectivity index (χ0n) is 10.2. The van der Waals surface area contributed by atoms with E-state index in [9.17, 15) is 13.6 Å². The molecule has 1 aromatic rings. The van der Waals surface area contributed by atoms with Gasteiger partial charge in [0.25, 0.3) is 5.91 Å². The summed E-state index contributed by atoms with van der Waals surface area (Å²) in [7, 11) is 0. The molecule has 1 aromatic carbocycles. The smallest absolute Gasteiger partial charge is 0.254 e. The standard InChI is InChI=1S/C13H16ClF2NO/c1-2-9(5-6-14)8-17-13(18)11-7-10(15)3-4-12(11)16/h3-4,7,9H,2,5-6,8H2,1H3,(H,17,18). The van der Waals surface area contributed by atoms with Crippen molar-refractivity contribution in [1.82, 2.24) is 5.32 Å². The van der Waals surface area contributed by atoms with E-state index in [2.05, 4.69) is 5.32 Å². The number of nitrogens with one attached hydrogen (secondary N) is 1. The molecule has 1 atom stereocenters. The van der Waals surface area contributed by atoms with Crippen molar-refractivity contribution in [3.8, 4) is 0 Å². The topological polar surface area (TPSA) is 29.1 Å². The fourth-order valence-electron chi connectivity index (χ4n) is 1.61. The van der Waals surface area contributed by atoms with Crippen LogP contribution >= 0.6 is 11.6 Å². The van der Waals surface area contributed by atoms with Gasteiger partial charge in [0.15, 0.2) is 0 Å². The maximum absolute atomic E-state index is 13.3. The summed E-state index contributed by atoms with van der Waals surface area (Å²) < 4.78 is 26.3. The number of carbonyl (C=O) groups excluding carboxylic acids is 1. The van der Waals surface area contributed by atoms with E-state index in [0.717, 1.165) is 31.0 Å². The Morgan fingerprint density at radius 1 is 1.44 bits per heavy atom. The van der Waals surface area contributed by atoms with Crippen molar-refractivity contribution in [3.63, 3.8) is 0 Å². The average Bonchev–Trinajstić information content (AvgIpc) is 2.37. The van der Waals surface area contributed by atoms with E-state index >= 15 is 0 Å². The molecule has 1 unspecified atom stereocenters. The SMILES string of the molecule is CCC(CCCl)CNC(=O)c1cc(F)ccc1F. The highest BCUT2D eigenvalue weighted by Gasteiger charge is 2.14. The van der Waals surface area contributed by atoms with Gasteiger partial charge in [0.2, 0.25) is 0 Å². The first-order valence-corrected chi connectivity index (χ1v) is 6.41. The van der Waals surface area contributed by atoms with Crippen molar-refractivity contribution in [2.45, 2.75) is 19.8 Å². The molecule has 0 aromatic heterocycles. The molecule has 1 N–H and O–H groups in total. The normalized spacial score (nSPS) is 12.2. The highest BCUT2D eigenvalue weighted by molar-refractivity contribution is 6.17. The van der Waals surface area contributed by atoms with Crippen molar-refractivity contribution in [2.24, 2.45) is 5.92 Å².